The summed E-state index contributed by atoms with van der Waals surface area (Å²) in [5.41, 5.74) is 2.92. The van der Waals surface area contributed by atoms with Gasteiger partial charge in [0.15, 0.2) is 0 Å². The minimum absolute atomic E-state index is 0.178. The van der Waals surface area contributed by atoms with E-state index in [4.69, 9.17) is 16.3 Å². The van der Waals surface area contributed by atoms with Crippen LogP contribution in [0.1, 0.15) is 34.3 Å². The van der Waals surface area contributed by atoms with E-state index in [2.05, 4.69) is 23.5 Å². The summed E-state index contributed by atoms with van der Waals surface area (Å²) < 4.78 is 5.26. The van der Waals surface area contributed by atoms with E-state index in [0.29, 0.717) is 22.9 Å². The van der Waals surface area contributed by atoms with Crippen LogP contribution in [0.5, 0.6) is 5.75 Å². The minimum atomic E-state index is -0.178. The van der Waals surface area contributed by atoms with Gasteiger partial charge in [-0.3, -0.25) is 4.79 Å². The molecule has 4 nitrogen and oxygen atoms in total. The quantitative estimate of drug-likeness (QED) is 0.832. The van der Waals surface area contributed by atoms with Gasteiger partial charge >= 0.3 is 0 Å². The van der Waals surface area contributed by atoms with Crippen molar-refractivity contribution >= 4 is 17.5 Å². The van der Waals surface area contributed by atoms with Gasteiger partial charge in [-0.05, 0) is 23.8 Å². The number of nitrogens with one attached hydrogen (secondary N) is 2. The van der Waals surface area contributed by atoms with Crippen LogP contribution in [0.25, 0.3) is 0 Å². The second-order valence-corrected chi connectivity index (χ2v) is 6.87. The van der Waals surface area contributed by atoms with Gasteiger partial charge in [-0.15, -0.1) is 0 Å². The van der Waals surface area contributed by atoms with E-state index in [1.165, 1.54) is 31.5 Å². The van der Waals surface area contributed by atoms with Gasteiger partial charge < -0.3 is 15.0 Å². The minimum Gasteiger partial charge on any atom is -0.496 e. The second-order valence-electron chi connectivity index (χ2n) is 6.43. The number of carbonyl (C=O) groups excluding carboxylic acids is 1. The molecule has 2 aromatic rings. The molecule has 0 spiro atoms. The standard InChI is InChI=1S/C20H23ClN2O2/c1-25-19-9-8-17(21)12-18(19)20(24)22-13-15-6-2-3-7-16(15)14-23-10-4-5-11-23/h2-3,6-9,12H,4-5,10-11,13-14H2,1H3,(H,22,24)/p+1. The number of benzene rings is 2. The predicted molar refractivity (Wildman–Crippen MR) is 99.3 cm³/mol. The summed E-state index contributed by atoms with van der Waals surface area (Å²) in [7, 11) is 1.55. The second kappa shape index (κ2) is 8.37. The van der Waals surface area contributed by atoms with Crippen LogP contribution in [-0.2, 0) is 13.1 Å². The zero-order chi connectivity index (χ0) is 17.6. The third kappa shape index (κ3) is 4.53. The molecule has 0 radical (unpaired) electrons. The van der Waals surface area contributed by atoms with E-state index < -0.39 is 0 Å². The van der Waals surface area contributed by atoms with Crippen molar-refractivity contribution in [2.45, 2.75) is 25.9 Å². The van der Waals surface area contributed by atoms with Gasteiger partial charge in [0.05, 0.1) is 25.8 Å². The Morgan fingerprint density at radius 3 is 2.60 bits per heavy atom. The molecule has 2 N–H and O–H groups in total. The Morgan fingerprint density at radius 2 is 1.88 bits per heavy atom. The van der Waals surface area contributed by atoms with Crippen LogP contribution < -0.4 is 15.0 Å². The number of likely N-dealkylation sites (tertiary alicyclic amines) is 1. The molecule has 2 aromatic carbocycles. The zero-order valence-electron chi connectivity index (χ0n) is 14.5. The Kier molecular flexibility index (Phi) is 5.95. The third-order valence-electron chi connectivity index (χ3n) is 4.72. The van der Waals surface area contributed by atoms with Crippen LogP contribution >= 0.6 is 11.6 Å². The smallest absolute Gasteiger partial charge is 0.255 e. The van der Waals surface area contributed by atoms with Crippen molar-refractivity contribution in [1.82, 2.24) is 5.32 Å². The van der Waals surface area contributed by atoms with Crippen LogP contribution in [0, 0.1) is 0 Å². The monoisotopic (exact) mass is 359 g/mol. The molecular formula is C20H24ClN2O2+. The topological polar surface area (TPSA) is 42.8 Å². The van der Waals surface area contributed by atoms with Gasteiger partial charge in [-0.25, -0.2) is 0 Å². The summed E-state index contributed by atoms with van der Waals surface area (Å²) >= 11 is 6.02. The highest BCUT2D eigenvalue weighted by Gasteiger charge is 2.18. The summed E-state index contributed by atoms with van der Waals surface area (Å²) in [6, 6.07) is 13.4. The molecule has 0 saturated carbocycles. The van der Waals surface area contributed by atoms with Crippen molar-refractivity contribution in [2.75, 3.05) is 20.2 Å². The van der Waals surface area contributed by atoms with Gasteiger partial charge in [-0.2, -0.15) is 0 Å². The summed E-state index contributed by atoms with van der Waals surface area (Å²) in [4.78, 5) is 14.2. The zero-order valence-corrected chi connectivity index (χ0v) is 15.2. The average Bonchev–Trinajstić information content (AvgIpc) is 3.13. The fraction of sp³-hybridized carbons (Fsp3) is 0.350. The van der Waals surface area contributed by atoms with E-state index in [1.54, 1.807) is 30.2 Å². The fourth-order valence-electron chi connectivity index (χ4n) is 3.35. The number of carbonyl (C=O) groups is 1. The lowest BCUT2D eigenvalue weighted by atomic mass is 10.1. The highest BCUT2D eigenvalue weighted by molar-refractivity contribution is 6.31. The molecule has 132 valence electrons. The Bertz CT molecular complexity index is 742. The van der Waals surface area contributed by atoms with E-state index in [9.17, 15) is 4.79 Å². The average molecular weight is 360 g/mol. The molecule has 1 aliphatic heterocycles. The van der Waals surface area contributed by atoms with Gasteiger partial charge in [0.1, 0.15) is 12.3 Å². The number of halogens is 1. The summed E-state index contributed by atoms with van der Waals surface area (Å²) in [5.74, 6) is 0.347. The number of hydrogen-bond acceptors (Lipinski definition) is 2. The van der Waals surface area contributed by atoms with Crippen LogP contribution in [-0.4, -0.2) is 26.1 Å². The summed E-state index contributed by atoms with van der Waals surface area (Å²) in [6.07, 6.45) is 2.62. The number of rotatable bonds is 6. The molecule has 25 heavy (non-hydrogen) atoms. The van der Waals surface area contributed by atoms with E-state index >= 15 is 0 Å². The number of methoxy groups -OCH3 is 1. The summed E-state index contributed by atoms with van der Waals surface area (Å²) in [5, 5.41) is 3.51. The molecule has 5 heteroatoms. The molecule has 1 saturated heterocycles. The molecule has 1 fully saturated rings. The van der Waals surface area contributed by atoms with Crippen molar-refractivity contribution in [3.05, 3.63) is 64.2 Å². The first-order valence-corrected chi connectivity index (χ1v) is 9.07. The van der Waals surface area contributed by atoms with Crippen molar-refractivity contribution in [1.29, 1.82) is 0 Å². The summed E-state index contributed by atoms with van der Waals surface area (Å²) in [6.45, 7) is 3.99. The first kappa shape index (κ1) is 17.8. The molecule has 0 aromatic heterocycles. The van der Waals surface area contributed by atoms with Crippen molar-refractivity contribution in [3.8, 4) is 5.75 Å². The number of quaternary nitrogens is 1. The van der Waals surface area contributed by atoms with Crippen molar-refractivity contribution in [2.24, 2.45) is 0 Å². The molecule has 1 aliphatic rings. The number of ether oxygens (including phenoxy) is 1. The van der Waals surface area contributed by atoms with Crippen molar-refractivity contribution < 1.29 is 14.4 Å². The van der Waals surface area contributed by atoms with Crippen LogP contribution in [0.15, 0.2) is 42.5 Å². The van der Waals surface area contributed by atoms with Crippen LogP contribution in [0.2, 0.25) is 5.02 Å². The molecule has 0 unspecified atom stereocenters. The SMILES string of the molecule is COc1ccc(Cl)cc1C(=O)NCc1ccccc1C[NH+]1CCCC1. The van der Waals surface area contributed by atoms with E-state index in [-0.39, 0.29) is 5.91 Å². The fourth-order valence-corrected chi connectivity index (χ4v) is 3.52. The third-order valence-corrected chi connectivity index (χ3v) is 4.95. The maximum atomic E-state index is 12.6. The molecule has 0 aliphatic carbocycles. The van der Waals surface area contributed by atoms with Gasteiger partial charge in [0, 0.05) is 30.0 Å². The van der Waals surface area contributed by atoms with Crippen LogP contribution in [0.4, 0.5) is 0 Å². The van der Waals surface area contributed by atoms with Crippen LogP contribution in [0.3, 0.4) is 0 Å². The highest BCUT2D eigenvalue weighted by atomic mass is 35.5. The number of hydrogen-bond donors (Lipinski definition) is 2. The Morgan fingerprint density at radius 1 is 1.16 bits per heavy atom. The molecule has 0 bridgehead atoms. The van der Waals surface area contributed by atoms with Gasteiger partial charge in [0.25, 0.3) is 5.91 Å². The predicted octanol–water partition coefficient (Wildman–Crippen LogP) is 2.46. The molecule has 1 amide bonds. The largest absolute Gasteiger partial charge is 0.496 e. The highest BCUT2D eigenvalue weighted by Crippen LogP contribution is 2.22. The normalized spacial score (nSPS) is 14.5. The van der Waals surface area contributed by atoms with Crippen molar-refractivity contribution in [3.63, 3.8) is 0 Å². The lowest BCUT2D eigenvalue weighted by molar-refractivity contribution is -0.901. The van der Waals surface area contributed by atoms with Gasteiger partial charge in [-0.1, -0.05) is 35.9 Å². The Hall–Kier alpha value is -2.04. The molecule has 0 atom stereocenters. The maximum absolute atomic E-state index is 12.6. The Balaban J connectivity index is 1.69. The maximum Gasteiger partial charge on any atom is 0.255 e. The Labute approximate surface area is 153 Å². The molecular weight excluding hydrogens is 336 g/mol. The lowest BCUT2D eigenvalue weighted by Crippen LogP contribution is -3.08. The lowest BCUT2D eigenvalue weighted by Gasteiger charge is -2.16. The molecule has 1 heterocycles. The van der Waals surface area contributed by atoms with Gasteiger partial charge in [0.2, 0.25) is 0 Å². The first-order chi connectivity index (χ1) is 12.2. The first-order valence-electron chi connectivity index (χ1n) is 8.69. The molecule has 3 rings (SSSR count). The number of amides is 1. The van der Waals surface area contributed by atoms with E-state index in [1.807, 2.05) is 6.07 Å². The van der Waals surface area contributed by atoms with E-state index in [0.717, 1.165) is 12.1 Å².